The molecule has 1 aliphatic carbocycles. The van der Waals surface area contributed by atoms with Crippen molar-refractivity contribution in [2.45, 2.75) is 71.7 Å². The van der Waals surface area contributed by atoms with Gasteiger partial charge in [0, 0.05) is 52.3 Å². The normalized spacial score (nSPS) is 19.7. The van der Waals surface area contributed by atoms with E-state index in [4.69, 9.17) is 9.72 Å². The predicted octanol–water partition coefficient (Wildman–Crippen LogP) is 4.56. The number of nitrogens with zero attached hydrogens (tertiary/aromatic N) is 7. The number of halogens is 1. The monoisotopic (exact) mass is 645 g/mol. The lowest BCUT2D eigenvalue weighted by molar-refractivity contribution is 0.0370. The van der Waals surface area contributed by atoms with Crippen LogP contribution < -0.4 is 10.3 Å². The quantitative estimate of drug-likeness (QED) is 0.303. The van der Waals surface area contributed by atoms with E-state index in [0.29, 0.717) is 46.8 Å². The lowest BCUT2D eigenvalue weighted by Gasteiger charge is -2.39. The Labute approximate surface area is 259 Å². The second-order valence-corrected chi connectivity index (χ2v) is 12.8. The summed E-state index contributed by atoms with van der Waals surface area (Å²) in [7, 11) is 4.16. The van der Waals surface area contributed by atoms with Gasteiger partial charge in [0.2, 0.25) is 11.8 Å². The minimum Gasteiger partial charge on any atom is -0.474 e. The molecular weight excluding hydrogens is 610 g/mol. The highest BCUT2D eigenvalue weighted by molar-refractivity contribution is 9.10. The van der Waals surface area contributed by atoms with Crippen LogP contribution in [0.25, 0.3) is 11.6 Å². The van der Waals surface area contributed by atoms with Gasteiger partial charge in [-0.2, -0.15) is 5.10 Å². The van der Waals surface area contributed by atoms with Gasteiger partial charge in [-0.1, -0.05) is 15.9 Å². The van der Waals surface area contributed by atoms with E-state index in [0.717, 1.165) is 34.3 Å². The van der Waals surface area contributed by atoms with Crippen LogP contribution in [0.5, 0.6) is 5.88 Å². The Bertz CT molecular complexity index is 1760. The Morgan fingerprint density at radius 1 is 1.09 bits per heavy atom. The van der Waals surface area contributed by atoms with E-state index >= 15 is 0 Å². The summed E-state index contributed by atoms with van der Waals surface area (Å²) in [6.45, 7) is 8.00. The third kappa shape index (κ3) is 5.51. The molecule has 0 saturated heterocycles. The summed E-state index contributed by atoms with van der Waals surface area (Å²) >= 11 is 3.51. The largest absolute Gasteiger partial charge is 0.474 e. The number of carbonyl (C=O) groups is 1. The first kappa shape index (κ1) is 29.3. The number of ether oxygens (including phenoxy) is 1. The molecule has 1 aromatic carbocycles. The van der Waals surface area contributed by atoms with Gasteiger partial charge < -0.3 is 14.5 Å². The minimum atomic E-state index is -0.186. The van der Waals surface area contributed by atoms with Crippen molar-refractivity contribution >= 4 is 21.8 Å². The molecular formula is C32H36BrN7O3. The van der Waals surface area contributed by atoms with E-state index in [9.17, 15) is 9.59 Å². The fourth-order valence-corrected chi connectivity index (χ4v) is 6.12. The first-order valence-electron chi connectivity index (χ1n) is 14.5. The van der Waals surface area contributed by atoms with Crippen molar-refractivity contribution in [1.29, 1.82) is 0 Å². The number of amides is 1. The molecule has 1 unspecified atom stereocenters. The molecule has 10 nitrogen and oxygen atoms in total. The van der Waals surface area contributed by atoms with Gasteiger partial charge in [-0.3, -0.25) is 9.59 Å². The highest BCUT2D eigenvalue weighted by atomic mass is 79.9. The summed E-state index contributed by atoms with van der Waals surface area (Å²) in [5, 5.41) is 4.65. The van der Waals surface area contributed by atoms with Crippen LogP contribution in [0.1, 0.15) is 58.3 Å². The average molecular weight is 647 g/mol. The Hall–Kier alpha value is -3.83. The Morgan fingerprint density at radius 3 is 2.49 bits per heavy atom. The number of rotatable bonds is 6. The van der Waals surface area contributed by atoms with E-state index in [-0.39, 0.29) is 30.2 Å². The molecule has 0 radical (unpaired) electrons. The number of fused-ring (bicyclic) bond motifs is 1. The lowest BCUT2D eigenvalue weighted by atomic mass is 9.88. The number of aryl methyl sites for hydroxylation is 3. The molecule has 0 bridgehead atoms. The van der Waals surface area contributed by atoms with Crippen LogP contribution in [0.2, 0.25) is 0 Å². The SMILES string of the molecule is Cc1cc(C)n(-c2nc3c(c(=O)n2-c2ccc(O[C@H]4C[C@H](N(C)C)C4)nc2)CC(C)N(C(=O)c2ccc(Br)c(C)c2)C3)n1. The van der Waals surface area contributed by atoms with E-state index < -0.39 is 0 Å². The molecule has 0 N–H and O–H groups in total. The van der Waals surface area contributed by atoms with E-state index in [1.165, 1.54) is 0 Å². The van der Waals surface area contributed by atoms with Gasteiger partial charge in [0.05, 0.1) is 29.8 Å². The summed E-state index contributed by atoms with van der Waals surface area (Å²) in [5.41, 5.74) is 4.81. The zero-order valence-electron chi connectivity index (χ0n) is 25.3. The number of benzene rings is 1. The van der Waals surface area contributed by atoms with Gasteiger partial charge in [0.25, 0.3) is 11.5 Å². The van der Waals surface area contributed by atoms with Crippen LogP contribution >= 0.6 is 15.9 Å². The molecule has 2 aliphatic rings. The molecule has 0 spiro atoms. The van der Waals surface area contributed by atoms with Crippen molar-refractivity contribution < 1.29 is 9.53 Å². The Kier molecular flexibility index (Phi) is 7.72. The molecule has 224 valence electrons. The third-order valence-electron chi connectivity index (χ3n) is 8.53. The highest BCUT2D eigenvalue weighted by Gasteiger charge is 2.34. The summed E-state index contributed by atoms with van der Waals surface area (Å²) in [6, 6.07) is 11.5. The summed E-state index contributed by atoms with van der Waals surface area (Å²) in [4.78, 5) is 41.4. The molecule has 43 heavy (non-hydrogen) atoms. The number of hydrogen-bond acceptors (Lipinski definition) is 7. The summed E-state index contributed by atoms with van der Waals surface area (Å²) in [5.74, 6) is 0.804. The van der Waals surface area contributed by atoms with Crippen molar-refractivity contribution in [2.75, 3.05) is 14.1 Å². The highest BCUT2D eigenvalue weighted by Crippen LogP contribution is 2.29. The van der Waals surface area contributed by atoms with Crippen LogP contribution in [0, 0.1) is 20.8 Å². The fraction of sp³-hybridized carbons (Fsp3) is 0.406. The standard InChI is InChI=1S/C32H36BrN7O3/c1-18-11-22(7-9-27(18)33)30(41)38-17-28-26(13-20(38)3)31(42)39(32(35-28)40-21(4)12-19(2)36-40)23-8-10-29(34-16-23)43-25-14-24(15-25)37(5)6/h7-12,16,20,24-25H,13-15,17H2,1-6H3/t20?,24-,25-. The van der Waals surface area contributed by atoms with Gasteiger partial charge in [-0.15, -0.1) is 0 Å². The number of pyridine rings is 1. The second kappa shape index (κ2) is 11.3. The fourth-order valence-electron chi connectivity index (χ4n) is 5.87. The zero-order chi connectivity index (χ0) is 30.6. The van der Waals surface area contributed by atoms with Crippen molar-refractivity contribution in [3.63, 3.8) is 0 Å². The summed E-state index contributed by atoms with van der Waals surface area (Å²) in [6.07, 6.45) is 4.11. The van der Waals surface area contributed by atoms with E-state index in [1.807, 2.05) is 58.0 Å². The van der Waals surface area contributed by atoms with Crippen LogP contribution in [0.3, 0.4) is 0 Å². The predicted molar refractivity (Wildman–Crippen MR) is 167 cm³/mol. The molecule has 4 heterocycles. The lowest BCUT2D eigenvalue weighted by Crippen LogP contribution is -2.46. The minimum absolute atomic E-state index is 0.0875. The topological polar surface area (TPSA) is 98.4 Å². The van der Waals surface area contributed by atoms with E-state index in [1.54, 1.807) is 26.4 Å². The molecule has 4 aromatic rings. The van der Waals surface area contributed by atoms with Crippen molar-refractivity contribution in [3.8, 4) is 17.5 Å². The van der Waals surface area contributed by atoms with Gasteiger partial charge in [0.15, 0.2) is 0 Å². The van der Waals surface area contributed by atoms with Crippen LogP contribution in [0.4, 0.5) is 0 Å². The first-order chi connectivity index (χ1) is 20.5. The van der Waals surface area contributed by atoms with Crippen molar-refractivity contribution in [2.24, 2.45) is 0 Å². The molecule has 1 saturated carbocycles. The van der Waals surface area contributed by atoms with Gasteiger partial charge in [-0.05, 0) is 84.1 Å². The third-order valence-corrected chi connectivity index (χ3v) is 9.42. The zero-order valence-corrected chi connectivity index (χ0v) is 26.9. The van der Waals surface area contributed by atoms with Gasteiger partial charge in [0.1, 0.15) is 6.10 Å². The van der Waals surface area contributed by atoms with Gasteiger partial charge in [-0.25, -0.2) is 19.2 Å². The molecule has 6 rings (SSSR count). The molecule has 1 amide bonds. The van der Waals surface area contributed by atoms with Crippen LogP contribution in [-0.2, 0) is 13.0 Å². The maximum Gasteiger partial charge on any atom is 0.263 e. The second-order valence-electron chi connectivity index (χ2n) is 12.0. The van der Waals surface area contributed by atoms with E-state index in [2.05, 4.69) is 45.0 Å². The Morgan fingerprint density at radius 2 is 1.86 bits per heavy atom. The summed E-state index contributed by atoms with van der Waals surface area (Å²) < 4.78 is 10.3. The number of carbonyl (C=O) groups excluding carboxylic acids is 1. The van der Waals surface area contributed by atoms with Gasteiger partial charge >= 0.3 is 0 Å². The van der Waals surface area contributed by atoms with Crippen molar-refractivity contribution in [1.82, 2.24) is 34.1 Å². The number of hydrogen-bond donors (Lipinski definition) is 0. The number of aromatic nitrogens is 5. The first-order valence-corrected chi connectivity index (χ1v) is 15.3. The van der Waals surface area contributed by atoms with Crippen molar-refractivity contribution in [3.05, 3.63) is 91.2 Å². The maximum atomic E-state index is 14.2. The molecule has 3 aromatic heterocycles. The molecule has 11 heteroatoms. The maximum absolute atomic E-state index is 14.2. The molecule has 1 aliphatic heterocycles. The average Bonchev–Trinajstić information content (AvgIpc) is 3.29. The Balaban J connectivity index is 1.37. The smallest absolute Gasteiger partial charge is 0.263 e. The van der Waals surface area contributed by atoms with Crippen LogP contribution in [-0.4, -0.2) is 72.3 Å². The van der Waals surface area contributed by atoms with Crippen LogP contribution in [0.15, 0.2) is 51.9 Å². The molecule has 1 fully saturated rings. The molecule has 1 atom stereocenters.